The van der Waals surface area contributed by atoms with Crippen molar-refractivity contribution in [3.05, 3.63) is 34.0 Å². The monoisotopic (exact) mass is 306 g/mol. The summed E-state index contributed by atoms with van der Waals surface area (Å²) in [4.78, 5) is 16.9. The average Bonchev–Trinajstić information content (AvgIpc) is 2.97. The van der Waals surface area contributed by atoms with E-state index < -0.39 is 5.91 Å². The normalized spacial score (nSPS) is 11.8. The highest BCUT2D eigenvalue weighted by Crippen LogP contribution is 2.18. The Hall–Kier alpha value is -1.69. The lowest BCUT2D eigenvalue weighted by Gasteiger charge is -2.21. The average molecular weight is 306 g/mol. The minimum absolute atomic E-state index is 0.0982. The molecule has 21 heavy (non-hydrogen) atoms. The number of rotatable bonds is 6. The number of primary amides is 1. The maximum absolute atomic E-state index is 11.0. The third-order valence-corrected chi connectivity index (χ3v) is 4.03. The summed E-state index contributed by atoms with van der Waals surface area (Å²) in [6.07, 6.45) is 3.01. The zero-order chi connectivity index (χ0) is 15.5. The van der Waals surface area contributed by atoms with E-state index in [2.05, 4.69) is 48.4 Å². The van der Waals surface area contributed by atoms with Crippen LogP contribution in [0.15, 0.2) is 17.5 Å². The van der Waals surface area contributed by atoms with Gasteiger partial charge in [-0.2, -0.15) is 5.10 Å². The highest BCUT2D eigenvalue weighted by molar-refractivity contribution is 7.09. The molecule has 5 nitrogen and oxygen atoms in total. The van der Waals surface area contributed by atoms with E-state index in [4.69, 9.17) is 5.73 Å². The third kappa shape index (κ3) is 4.39. The number of hydrogen-bond donors (Lipinski definition) is 1. The van der Waals surface area contributed by atoms with Gasteiger partial charge in [0.25, 0.3) is 0 Å². The Labute approximate surface area is 129 Å². The maximum atomic E-state index is 11.0. The Bertz CT molecular complexity index is 596. The molecule has 0 spiro atoms. The second-order valence-corrected chi connectivity index (χ2v) is 7.14. The summed E-state index contributed by atoms with van der Waals surface area (Å²) in [5, 5.41) is 6.54. The van der Waals surface area contributed by atoms with Crippen molar-refractivity contribution in [1.29, 1.82) is 0 Å². The molecule has 0 bridgehead atoms. The summed E-state index contributed by atoms with van der Waals surface area (Å²) < 4.78 is 1.92. The van der Waals surface area contributed by atoms with E-state index >= 15 is 0 Å². The topological polar surface area (TPSA) is 73.8 Å². The molecule has 2 aromatic rings. The van der Waals surface area contributed by atoms with Gasteiger partial charge in [0.05, 0.1) is 12.0 Å². The number of hydrogen-bond acceptors (Lipinski definition) is 4. The fraction of sp³-hybridized carbons (Fsp3) is 0.533. The second-order valence-electron chi connectivity index (χ2n) is 6.10. The second kappa shape index (κ2) is 6.39. The lowest BCUT2D eigenvalue weighted by molar-refractivity contribution is -0.117. The van der Waals surface area contributed by atoms with E-state index in [-0.39, 0.29) is 12.0 Å². The molecule has 0 saturated heterocycles. The molecule has 114 valence electrons. The first-order chi connectivity index (χ1) is 9.86. The summed E-state index contributed by atoms with van der Waals surface area (Å²) in [5.41, 5.74) is 5.08. The van der Waals surface area contributed by atoms with E-state index in [0.29, 0.717) is 5.82 Å². The molecule has 2 heterocycles. The van der Waals surface area contributed by atoms with E-state index in [9.17, 15) is 4.79 Å². The van der Waals surface area contributed by atoms with E-state index in [1.807, 2.05) is 4.68 Å². The van der Waals surface area contributed by atoms with Gasteiger partial charge in [0.1, 0.15) is 5.82 Å². The van der Waals surface area contributed by atoms with Gasteiger partial charge in [-0.1, -0.05) is 6.07 Å². The summed E-state index contributed by atoms with van der Waals surface area (Å²) >= 11 is 1.78. The van der Waals surface area contributed by atoms with Crippen molar-refractivity contribution in [1.82, 2.24) is 14.8 Å². The fourth-order valence-electron chi connectivity index (χ4n) is 2.20. The number of carbonyl (C=O) groups excluding carboxylic acids is 1. The van der Waals surface area contributed by atoms with Crippen LogP contribution in [0.5, 0.6) is 0 Å². The van der Waals surface area contributed by atoms with Gasteiger partial charge in [0, 0.05) is 11.3 Å². The molecule has 0 aliphatic heterocycles. The van der Waals surface area contributed by atoms with E-state index in [0.717, 1.165) is 25.1 Å². The minimum Gasteiger partial charge on any atom is -0.369 e. The van der Waals surface area contributed by atoms with Crippen LogP contribution < -0.4 is 5.73 Å². The molecule has 2 N–H and O–H groups in total. The molecule has 6 heteroatoms. The number of nitrogens with two attached hydrogens (primary N) is 1. The van der Waals surface area contributed by atoms with Gasteiger partial charge < -0.3 is 5.73 Å². The predicted octanol–water partition coefficient (Wildman–Crippen LogP) is 2.30. The smallest absolute Gasteiger partial charge is 0.225 e. The number of thiophene rings is 1. The van der Waals surface area contributed by atoms with E-state index in [1.165, 1.54) is 4.88 Å². The van der Waals surface area contributed by atoms with Crippen molar-refractivity contribution in [2.45, 2.75) is 52.0 Å². The number of aromatic nitrogens is 3. The molecule has 2 rings (SSSR count). The number of aryl methyl sites for hydroxylation is 2. The van der Waals surface area contributed by atoms with Crippen LogP contribution >= 0.6 is 11.3 Å². The summed E-state index contributed by atoms with van der Waals surface area (Å²) in [6, 6.07) is 4.22. The van der Waals surface area contributed by atoms with Crippen molar-refractivity contribution in [3.8, 4) is 0 Å². The molecule has 0 unspecified atom stereocenters. The number of nitrogens with zero attached hydrogens (tertiary/aromatic N) is 3. The summed E-state index contributed by atoms with van der Waals surface area (Å²) in [7, 11) is 0. The Morgan fingerprint density at radius 1 is 1.38 bits per heavy atom. The van der Waals surface area contributed by atoms with Crippen molar-refractivity contribution in [2.75, 3.05) is 0 Å². The zero-order valence-corrected chi connectivity index (χ0v) is 13.6. The molecule has 0 aliphatic rings. The lowest BCUT2D eigenvalue weighted by atomic mass is 10.1. The first-order valence-corrected chi connectivity index (χ1v) is 8.00. The van der Waals surface area contributed by atoms with Crippen LogP contribution in [-0.4, -0.2) is 20.7 Å². The molecule has 0 aromatic carbocycles. The molecular weight excluding hydrogens is 284 g/mol. The standard InChI is InChI=1S/C15H22N4OS/c1-15(2,3)19-14(17-13(18-19)10-12(16)20)8-4-6-11-7-5-9-21-11/h5,7,9H,4,6,8,10H2,1-3H3,(H2,16,20). The van der Waals surface area contributed by atoms with Crippen LogP contribution in [0.4, 0.5) is 0 Å². The van der Waals surface area contributed by atoms with Crippen molar-refractivity contribution in [3.63, 3.8) is 0 Å². The largest absolute Gasteiger partial charge is 0.369 e. The molecule has 1 amide bonds. The van der Waals surface area contributed by atoms with Gasteiger partial charge in [-0.3, -0.25) is 4.79 Å². The molecule has 0 aliphatic carbocycles. The van der Waals surface area contributed by atoms with Gasteiger partial charge in [0.15, 0.2) is 5.82 Å². The molecule has 0 radical (unpaired) electrons. The van der Waals surface area contributed by atoms with Crippen LogP contribution in [0.2, 0.25) is 0 Å². The molecular formula is C15H22N4OS. The maximum Gasteiger partial charge on any atom is 0.225 e. The first-order valence-electron chi connectivity index (χ1n) is 7.12. The lowest BCUT2D eigenvalue weighted by Crippen LogP contribution is -2.26. The first kappa shape index (κ1) is 15.7. The predicted molar refractivity (Wildman–Crippen MR) is 84.3 cm³/mol. The summed E-state index contributed by atoms with van der Waals surface area (Å²) in [6.45, 7) is 6.25. The highest BCUT2D eigenvalue weighted by atomic mass is 32.1. The van der Waals surface area contributed by atoms with Crippen LogP contribution in [0.25, 0.3) is 0 Å². The Balaban J connectivity index is 2.08. The van der Waals surface area contributed by atoms with Crippen LogP contribution in [-0.2, 0) is 29.6 Å². The van der Waals surface area contributed by atoms with Crippen molar-refractivity contribution in [2.24, 2.45) is 5.73 Å². The van der Waals surface area contributed by atoms with Gasteiger partial charge in [-0.25, -0.2) is 9.67 Å². The van der Waals surface area contributed by atoms with Gasteiger partial charge in [-0.05, 0) is 45.1 Å². The quantitative estimate of drug-likeness (QED) is 0.890. The Kier molecular flexibility index (Phi) is 4.77. The minimum atomic E-state index is -0.397. The molecule has 2 aromatic heterocycles. The Morgan fingerprint density at radius 3 is 2.71 bits per heavy atom. The molecule has 0 atom stereocenters. The van der Waals surface area contributed by atoms with Crippen molar-refractivity contribution < 1.29 is 4.79 Å². The van der Waals surface area contributed by atoms with Crippen LogP contribution in [0.1, 0.15) is 43.7 Å². The molecule has 0 saturated carbocycles. The van der Waals surface area contributed by atoms with Gasteiger partial charge in [0.2, 0.25) is 5.91 Å². The SMILES string of the molecule is CC(C)(C)n1nc(CC(N)=O)nc1CCCc1cccs1. The van der Waals surface area contributed by atoms with Crippen LogP contribution in [0.3, 0.4) is 0 Å². The van der Waals surface area contributed by atoms with Crippen molar-refractivity contribution >= 4 is 17.2 Å². The zero-order valence-electron chi connectivity index (χ0n) is 12.8. The van der Waals surface area contributed by atoms with Crippen LogP contribution in [0, 0.1) is 0 Å². The number of amides is 1. The number of carbonyl (C=O) groups is 1. The fourth-order valence-corrected chi connectivity index (χ4v) is 2.95. The third-order valence-electron chi connectivity index (χ3n) is 3.09. The van der Waals surface area contributed by atoms with Gasteiger partial charge in [-0.15, -0.1) is 11.3 Å². The Morgan fingerprint density at radius 2 is 2.14 bits per heavy atom. The van der Waals surface area contributed by atoms with Gasteiger partial charge >= 0.3 is 0 Å². The summed E-state index contributed by atoms with van der Waals surface area (Å²) in [5.74, 6) is 1.05. The molecule has 0 fully saturated rings. The van der Waals surface area contributed by atoms with E-state index in [1.54, 1.807) is 11.3 Å². The highest BCUT2D eigenvalue weighted by Gasteiger charge is 2.21.